The summed E-state index contributed by atoms with van der Waals surface area (Å²) >= 11 is 0. The van der Waals surface area contributed by atoms with Crippen LogP contribution in [-0.2, 0) is 11.3 Å². The fourth-order valence-electron chi connectivity index (χ4n) is 1.86. The van der Waals surface area contributed by atoms with Gasteiger partial charge in [-0.1, -0.05) is 40.7 Å². The summed E-state index contributed by atoms with van der Waals surface area (Å²) in [5.74, 6) is -0.210. The molecule has 2 aromatic heterocycles. The van der Waals surface area contributed by atoms with Crippen molar-refractivity contribution in [2.75, 3.05) is 5.73 Å². The van der Waals surface area contributed by atoms with E-state index in [4.69, 9.17) is 15.4 Å². The third-order valence-corrected chi connectivity index (χ3v) is 2.97. The number of aromatic nitrogens is 5. The first-order valence-corrected chi connectivity index (χ1v) is 6.45. The lowest BCUT2D eigenvalue weighted by Gasteiger charge is -1.99. The number of aryl methyl sites for hydroxylation is 1. The molecular weight excluding hydrogens is 288 g/mol. The number of hydrogen-bond acceptors (Lipinski definition) is 7. The number of carbonyl (C=O) groups is 1. The molecule has 0 unspecified atom stereocenters. The van der Waals surface area contributed by atoms with E-state index < -0.39 is 5.97 Å². The first-order valence-electron chi connectivity index (χ1n) is 6.45. The van der Waals surface area contributed by atoms with Crippen molar-refractivity contribution in [2.24, 2.45) is 0 Å². The number of carboxylic acid groups (broad SMARTS) is 1. The molecule has 0 aliphatic heterocycles. The zero-order valence-corrected chi connectivity index (χ0v) is 11.4. The summed E-state index contributed by atoms with van der Waals surface area (Å²) in [5.41, 5.74) is 6.92. The topological polar surface area (TPSA) is 133 Å². The van der Waals surface area contributed by atoms with Gasteiger partial charge in [-0.25, -0.2) is 4.68 Å². The van der Waals surface area contributed by atoms with Gasteiger partial charge in [0.15, 0.2) is 11.5 Å². The van der Waals surface area contributed by atoms with Crippen LogP contribution in [0.4, 0.5) is 5.82 Å². The molecule has 1 aromatic carbocycles. The molecule has 0 amide bonds. The minimum atomic E-state index is -0.944. The highest BCUT2D eigenvalue weighted by Crippen LogP contribution is 2.24. The van der Waals surface area contributed by atoms with Gasteiger partial charge in [0.05, 0.1) is 13.0 Å². The van der Waals surface area contributed by atoms with Gasteiger partial charge < -0.3 is 15.4 Å². The first kappa shape index (κ1) is 13.7. The average Bonchev–Trinajstić information content (AvgIpc) is 3.13. The number of aliphatic carboxylic acids is 1. The van der Waals surface area contributed by atoms with E-state index >= 15 is 0 Å². The second kappa shape index (κ2) is 5.64. The normalized spacial score (nSPS) is 10.7. The van der Waals surface area contributed by atoms with E-state index in [-0.39, 0.29) is 30.4 Å². The zero-order valence-electron chi connectivity index (χ0n) is 11.4. The van der Waals surface area contributed by atoms with Crippen molar-refractivity contribution >= 4 is 11.8 Å². The molecule has 0 spiro atoms. The van der Waals surface area contributed by atoms with Gasteiger partial charge >= 0.3 is 5.97 Å². The van der Waals surface area contributed by atoms with E-state index in [0.29, 0.717) is 5.82 Å². The van der Waals surface area contributed by atoms with E-state index in [1.54, 1.807) is 0 Å². The van der Waals surface area contributed by atoms with Crippen molar-refractivity contribution in [3.63, 3.8) is 0 Å². The monoisotopic (exact) mass is 300 g/mol. The van der Waals surface area contributed by atoms with Gasteiger partial charge in [-0.3, -0.25) is 4.79 Å². The highest BCUT2D eigenvalue weighted by atomic mass is 16.5. The van der Waals surface area contributed by atoms with Crippen LogP contribution in [0, 0.1) is 0 Å². The molecule has 9 nitrogen and oxygen atoms in total. The van der Waals surface area contributed by atoms with E-state index in [2.05, 4.69) is 20.5 Å². The Labute approximate surface area is 124 Å². The number of rotatable bonds is 5. The first-order chi connectivity index (χ1) is 10.6. The lowest BCUT2D eigenvalue weighted by Crippen LogP contribution is -2.09. The highest BCUT2D eigenvalue weighted by Gasteiger charge is 2.19. The Hall–Kier alpha value is -3.23. The van der Waals surface area contributed by atoms with Crippen LogP contribution in [0.3, 0.4) is 0 Å². The number of anilines is 1. The maximum atomic E-state index is 10.6. The standard InChI is InChI=1S/C13H12N6O3/c14-11-10(16-18-19(11)7-6-9(20)21)13-15-12(17-22-13)8-4-2-1-3-5-8/h1-5H,6-7,14H2,(H,20,21). The number of nitrogens with two attached hydrogens (primary N) is 1. The SMILES string of the molecule is Nc1c(-c2nc(-c3ccccc3)no2)nnn1CCC(=O)O. The van der Waals surface area contributed by atoms with Crippen molar-refractivity contribution < 1.29 is 14.4 Å². The van der Waals surface area contributed by atoms with Gasteiger partial charge in [0, 0.05) is 5.56 Å². The van der Waals surface area contributed by atoms with E-state index in [0.717, 1.165) is 5.56 Å². The van der Waals surface area contributed by atoms with Crippen molar-refractivity contribution in [2.45, 2.75) is 13.0 Å². The maximum Gasteiger partial charge on any atom is 0.305 e. The second-order valence-corrected chi connectivity index (χ2v) is 4.48. The highest BCUT2D eigenvalue weighted by molar-refractivity contribution is 5.67. The number of hydrogen-bond donors (Lipinski definition) is 2. The lowest BCUT2D eigenvalue weighted by atomic mass is 10.2. The van der Waals surface area contributed by atoms with Crippen LogP contribution in [-0.4, -0.2) is 36.2 Å². The summed E-state index contributed by atoms with van der Waals surface area (Å²) in [6.45, 7) is 0.119. The molecule has 0 aliphatic rings. The van der Waals surface area contributed by atoms with Gasteiger partial charge in [0.25, 0.3) is 5.89 Å². The summed E-state index contributed by atoms with van der Waals surface area (Å²) < 4.78 is 6.44. The van der Waals surface area contributed by atoms with Crippen LogP contribution in [0.5, 0.6) is 0 Å². The predicted octanol–water partition coefficient (Wildman–Crippen LogP) is 1.05. The quantitative estimate of drug-likeness (QED) is 0.714. The van der Waals surface area contributed by atoms with Crippen molar-refractivity contribution in [3.8, 4) is 23.0 Å². The molecule has 0 fully saturated rings. The molecule has 2 heterocycles. The molecule has 3 rings (SSSR count). The molecule has 0 aliphatic carbocycles. The van der Waals surface area contributed by atoms with E-state index in [1.807, 2.05) is 30.3 Å². The third-order valence-electron chi connectivity index (χ3n) is 2.97. The lowest BCUT2D eigenvalue weighted by molar-refractivity contribution is -0.137. The smallest absolute Gasteiger partial charge is 0.305 e. The number of benzene rings is 1. The van der Waals surface area contributed by atoms with Gasteiger partial charge in [-0.05, 0) is 0 Å². The van der Waals surface area contributed by atoms with Gasteiger partial charge in [0.1, 0.15) is 0 Å². The Morgan fingerprint density at radius 1 is 1.32 bits per heavy atom. The molecule has 0 bridgehead atoms. The summed E-state index contributed by atoms with van der Waals surface area (Å²) in [7, 11) is 0. The van der Waals surface area contributed by atoms with E-state index in [1.165, 1.54) is 4.68 Å². The van der Waals surface area contributed by atoms with Crippen LogP contribution in [0.25, 0.3) is 23.0 Å². The minimum absolute atomic E-state index is 0.105. The summed E-state index contributed by atoms with van der Waals surface area (Å²) in [5, 5.41) is 20.2. The summed E-state index contributed by atoms with van der Waals surface area (Å²) in [6, 6.07) is 9.31. The van der Waals surface area contributed by atoms with Crippen LogP contribution in [0.2, 0.25) is 0 Å². The summed E-state index contributed by atoms with van der Waals surface area (Å²) in [6.07, 6.45) is -0.105. The fourth-order valence-corrected chi connectivity index (χ4v) is 1.86. The Kier molecular flexibility index (Phi) is 3.52. The Morgan fingerprint density at radius 3 is 2.82 bits per heavy atom. The molecule has 0 atom stereocenters. The zero-order chi connectivity index (χ0) is 15.5. The molecule has 0 saturated heterocycles. The molecule has 9 heteroatoms. The van der Waals surface area contributed by atoms with Gasteiger partial charge in [-0.2, -0.15) is 4.98 Å². The molecule has 3 N–H and O–H groups in total. The van der Waals surface area contributed by atoms with Crippen LogP contribution >= 0.6 is 0 Å². The van der Waals surface area contributed by atoms with Crippen LogP contribution in [0.15, 0.2) is 34.9 Å². The third kappa shape index (κ3) is 2.64. The molecule has 0 radical (unpaired) electrons. The van der Waals surface area contributed by atoms with E-state index in [9.17, 15) is 4.79 Å². The van der Waals surface area contributed by atoms with Crippen molar-refractivity contribution in [3.05, 3.63) is 30.3 Å². The second-order valence-electron chi connectivity index (χ2n) is 4.48. The van der Waals surface area contributed by atoms with Gasteiger partial charge in [0.2, 0.25) is 5.82 Å². The van der Waals surface area contributed by atoms with Crippen molar-refractivity contribution in [1.82, 2.24) is 25.1 Å². The fraction of sp³-hybridized carbons (Fsp3) is 0.154. The minimum Gasteiger partial charge on any atom is -0.481 e. The van der Waals surface area contributed by atoms with Gasteiger partial charge in [-0.15, -0.1) is 5.10 Å². The Balaban J connectivity index is 1.86. The van der Waals surface area contributed by atoms with Crippen molar-refractivity contribution in [1.29, 1.82) is 0 Å². The molecule has 22 heavy (non-hydrogen) atoms. The Bertz CT molecular complexity index is 795. The maximum absolute atomic E-state index is 10.6. The Morgan fingerprint density at radius 2 is 2.09 bits per heavy atom. The largest absolute Gasteiger partial charge is 0.481 e. The number of nitrogens with zero attached hydrogens (tertiary/aromatic N) is 5. The number of carboxylic acids is 1. The average molecular weight is 300 g/mol. The molecule has 0 saturated carbocycles. The summed E-state index contributed by atoms with van der Waals surface area (Å²) in [4.78, 5) is 14.8. The van der Waals surface area contributed by atoms with Crippen LogP contribution in [0.1, 0.15) is 6.42 Å². The predicted molar refractivity (Wildman–Crippen MR) is 75.4 cm³/mol. The van der Waals surface area contributed by atoms with Crippen LogP contribution < -0.4 is 5.73 Å². The molecule has 3 aromatic rings. The molecule has 112 valence electrons. The molecular formula is C13H12N6O3. The number of nitrogen functional groups attached to an aromatic ring is 1.